The van der Waals surface area contributed by atoms with Crippen LogP contribution in [0.15, 0.2) is 71.8 Å². The van der Waals surface area contributed by atoms with E-state index in [-0.39, 0.29) is 5.91 Å². The van der Waals surface area contributed by atoms with Crippen LogP contribution < -0.4 is 5.43 Å². The van der Waals surface area contributed by atoms with E-state index in [0.717, 1.165) is 24.1 Å². The number of carbonyl (C=O) groups is 1. The van der Waals surface area contributed by atoms with Crippen molar-refractivity contribution < 1.29 is 4.79 Å². The number of benzene rings is 3. The van der Waals surface area contributed by atoms with E-state index in [1.165, 1.54) is 45.8 Å². The zero-order valence-corrected chi connectivity index (χ0v) is 17.9. The van der Waals surface area contributed by atoms with Crippen LogP contribution in [-0.4, -0.2) is 16.2 Å². The maximum atomic E-state index is 12.6. The molecule has 1 aliphatic carbocycles. The summed E-state index contributed by atoms with van der Waals surface area (Å²) in [5.41, 5.74) is 8.72. The van der Waals surface area contributed by atoms with Gasteiger partial charge in [0, 0.05) is 29.6 Å². The van der Waals surface area contributed by atoms with Crippen molar-refractivity contribution in [2.45, 2.75) is 45.6 Å². The Morgan fingerprint density at radius 3 is 2.65 bits per heavy atom. The quantitative estimate of drug-likeness (QED) is 0.338. The number of nitrogens with zero attached hydrogens (tertiary/aromatic N) is 2. The molecule has 1 aliphatic rings. The molecule has 0 saturated carbocycles. The third kappa shape index (κ3) is 3.86. The molecular weight excluding hydrogens is 382 g/mol. The van der Waals surface area contributed by atoms with Crippen molar-refractivity contribution in [1.82, 2.24) is 9.99 Å². The molecule has 3 aromatic carbocycles. The normalized spacial score (nSPS) is 14.0. The minimum absolute atomic E-state index is 0.0533. The number of para-hydroxylation sites is 1. The molecule has 4 heteroatoms. The van der Waals surface area contributed by atoms with Crippen molar-refractivity contribution >= 4 is 33.3 Å². The summed E-state index contributed by atoms with van der Waals surface area (Å²) in [6, 6.07) is 23.1. The van der Waals surface area contributed by atoms with Crippen molar-refractivity contribution in [2.75, 3.05) is 0 Å². The summed E-state index contributed by atoms with van der Waals surface area (Å²) in [6.07, 6.45) is 5.14. The van der Waals surface area contributed by atoms with Gasteiger partial charge in [0.2, 0.25) is 5.91 Å². The van der Waals surface area contributed by atoms with Crippen molar-refractivity contribution in [1.29, 1.82) is 0 Å². The predicted octanol–water partition coefficient (Wildman–Crippen LogP) is 5.60. The van der Waals surface area contributed by atoms with E-state index in [4.69, 9.17) is 0 Å². The topological polar surface area (TPSA) is 46.4 Å². The second-order valence-electron chi connectivity index (χ2n) is 8.35. The van der Waals surface area contributed by atoms with Gasteiger partial charge >= 0.3 is 0 Å². The van der Waals surface area contributed by atoms with E-state index >= 15 is 0 Å². The lowest BCUT2D eigenvalue weighted by atomic mass is 9.95. The Balaban J connectivity index is 1.29. The molecule has 5 rings (SSSR count). The van der Waals surface area contributed by atoms with Gasteiger partial charge in [0.25, 0.3) is 0 Å². The Kier molecular flexibility index (Phi) is 5.29. The minimum atomic E-state index is -0.0533. The second kappa shape index (κ2) is 8.38. The van der Waals surface area contributed by atoms with Crippen LogP contribution in [0.5, 0.6) is 0 Å². The molecular formula is C27H27N3O. The van der Waals surface area contributed by atoms with Crippen LogP contribution in [0.2, 0.25) is 0 Å². The van der Waals surface area contributed by atoms with Gasteiger partial charge in [-0.05, 0) is 66.6 Å². The van der Waals surface area contributed by atoms with E-state index < -0.39 is 0 Å². The summed E-state index contributed by atoms with van der Waals surface area (Å²) in [7, 11) is 0. The van der Waals surface area contributed by atoms with Crippen LogP contribution in [0.4, 0.5) is 0 Å². The minimum Gasteiger partial charge on any atom is -0.344 e. The molecule has 1 N–H and O–H groups in total. The molecule has 0 aliphatic heterocycles. The van der Waals surface area contributed by atoms with Gasteiger partial charge < -0.3 is 4.57 Å². The highest BCUT2D eigenvalue weighted by Gasteiger charge is 2.19. The molecule has 0 fully saturated rings. The molecule has 1 amide bonds. The Hall–Kier alpha value is -3.40. The first kappa shape index (κ1) is 19.6. The maximum absolute atomic E-state index is 12.6. The number of hydrogen-bond donors (Lipinski definition) is 1. The van der Waals surface area contributed by atoms with E-state index in [1.54, 1.807) is 0 Å². The molecule has 4 nitrogen and oxygen atoms in total. The number of aryl methyl sites for hydroxylation is 2. The molecule has 0 radical (unpaired) electrons. The zero-order valence-electron chi connectivity index (χ0n) is 17.9. The lowest BCUT2D eigenvalue weighted by Crippen LogP contribution is -2.21. The fraction of sp³-hybridized carbons (Fsp3) is 0.259. The lowest BCUT2D eigenvalue weighted by molar-refractivity contribution is -0.121. The summed E-state index contributed by atoms with van der Waals surface area (Å²) in [5.74, 6) is -0.0533. The van der Waals surface area contributed by atoms with Gasteiger partial charge in [0.1, 0.15) is 0 Å². The van der Waals surface area contributed by atoms with Crippen LogP contribution in [0.1, 0.15) is 43.0 Å². The van der Waals surface area contributed by atoms with Crippen molar-refractivity contribution in [3.63, 3.8) is 0 Å². The molecule has 156 valence electrons. The molecule has 0 unspecified atom stereocenters. The Morgan fingerprint density at radius 1 is 0.968 bits per heavy atom. The largest absolute Gasteiger partial charge is 0.344 e. The predicted molar refractivity (Wildman–Crippen MR) is 127 cm³/mol. The van der Waals surface area contributed by atoms with Crippen molar-refractivity contribution in [2.24, 2.45) is 5.10 Å². The molecule has 1 aromatic heterocycles. The van der Waals surface area contributed by atoms with Crippen LogP contribution in [0.3, 0.4) is 0 Å². The van der Waals surface area contributed by atoms with Gasteiger partial charge in [-0.1, -0.05) is 54.6 Å². The second-order valence-corrected chi connectivity index (χ2v) is 8.35. The molecule has 0 saturated heterocycles. The Labute approximate surface area is 182 Å². The van der Waals surface area contributed by atoms with E-state index in [9.17, 15) is 4.79 Å². The molecule has 0 spiro atoms. The summed E-state index contributed by atoms with van der Waals surface area (Å²) in [4.78, 5) is 12.6. The van der Waals surface area contributed by atoms with E-state index in [1.807, 2.05) is 25.1 Å². The van der Waals surface area contributed by atoms with Crippen LogP contribution in [0, 0.1) is 0 Å². The Bertz CT molecular complexity index is 1300. The highest BCUT2D eigenvalue weighted by atomic mass is 16.2. The number of amides is 1. The Morgan fingerprint density at radius 2 is 1.74 bits per heavy atom. The number of fused-ring (bicyclic) bond motifs is 4. The number of nitrogens with one attached hydrogen (secondary N) is 1. The van der Waals surface area contributed by atoms with Crippen LogP contribution in [0.25, 0.3) is 21.7 Å². The van der Waals surface area contributed by atoms with Crippen LogP contribution >= 0.6 is 0 Å². The summed E-state index contributed by atoms with van der Waals surface area (Å²) >= 11 is 0. The first-order valence-electron chi connectivity index (χ1n) is 11.1. The maximum Gasteiger partial charge on any atom is 0.241 e. The number of rotatable bonds is 5. The summed E-state index contributed by atoms with van der Waals surface area (Å²) in [6.45, 7) is 2.62. The molecule has 1 heterocycles. The summed E-state index contributed by atoms with van der Waals surface area (Å²) < 4.78 is 2.35. The van der Waals surface area contributed by atoms with Gasteiger partial charge in [-0.15, -0.1) is 0 Å². The molecule has 4 aromatic rings. The smallest absolute Gasteiger partial charge is 0.241 e. The SMILES string of the molecule is CC(=NNC(=O)CCn1c2c(c3ccccc31)CCCC2)c1ccc2ccccc2c1. The van der Waals surface area contributed by atoms with Gasteiger partial charge in [0.15, 0.2) is 0 Å². The fourth-order valence-corrected chi connectivity index (χ4v) is 4.74. The van der Waals surface area contributed by atoms with Gasteiger partial charge in [-0.2, -0.15) is 5.10 Å². The third-order valence-corrected chi connectivity index (χ3v) is 6.36. The molecule has 0 bridgehead atoms. The molecule has 31 heavy (non-hydrogen) atoms. The van der Waals surface area contributed by atoms with Gasteiger partial charge in [-0.25, -0.2) is 5.43 Å². The molecule has 0 atom stereocenters. The third-order valence-electron chi connectivity index (χ3n) is 6.36. The van der Waals surface area contributed by atoms with Crippen LogP contribution in [-0.2, 0) is 24.2 Å². The number of hydrogen-bond acceptors (Lipinski definition) is 2. The van der Waals surface area contributed by atoms with Crippen molar-refractivity contribution in [3.8, 4) is 0 Å². The average Bonchev–Trinajstić information content (AvgIpc) is 3.14. The fourth-order valence-electron chi connectivity index (χ4n) is 4.74. The standard InChI is InChI=1S/C27H27N3O/c1-19(21-15-14-20-8-2-3-9-22(20)18-21)28-29-27(31)16-17-30-25-12-6-4-10-23(25)24-11-5-7-13-26(24)30/h2-4,6,8-10,12,14-15,18H,5,7,11,13,16-17H2,1H3,(H,29,31). The zero-order chi connectivity index (χ0) is 21.2. The van der Waals surface area contributed by atoms with Gasteiger partial charge in [0.05, 0.1) is 5.71 Å². The lowest BCUT2D eigenvalue weighted by Gasteiger charge is -2.15. The highest BCUT2D eigenvalue weighted by Crippen LogP contribution is 2.32. The van der Waals surface area contributed by atoms with Gasteiger partial charge in [-0.3, -0.25) is 4.79 Å². The first-order chi connectivity index (χ1) is 15.2. The van der Waals surface area contributed by atoms with E-state index in [0.29, 0.717) is 13.0 Å². The van der Waals surface area contributed by atoms with E-state index in [2.05, 4.69) is 63.6 Å². The first-order valence-corrected chi connectivity index (χ1v) is 11.1. The number of aromatic nitrogens is 1. The number of hydrazone groups is 1. The summed E-state index contributed by atoms with van der Waals surface area (Å²) in [5, 5.41) is 8.08. The highest BCUT2D eigenvalue weighted by molar-refractivity contribution is 6.02. The monoisotopic (exact) mass is 409 g/mol. The average molecular weight is 410 g/mol. The number of carbonyl (C=O) groups excluding carboxylic acids is 1. The van der Waals surface area contributed by atoms with Crippen molar-refractivity contribution in [3.05, 3.63) is 83.6 Å².